The first-order valence-corrected chi connectivity index (χ1v) is 6.68. The highest BCUT2D eigenvalue weighted by molar-refractivity contribution is 9.10. The maximum Gasteiger partial charge on any atom is 0.336 e. The van der Waals surface area contributed by atoms with Crippen molar-refractivity contribution >= 4 is 39.6 Å². The van der Waals surface area contributed by atoms with Crippen molar-refractivity contribution in [1.82, 2.24) is 5.32 Å². The Bertz CT molecular complexity index is 511. The molecule has 0 fully saturated rings. The average molecular weight is 328 g/mol. The van der Waals surface area contributed by atoms with Gasteiger partial charge in [-0.1, -0.05) is 21.9 Å². The quantitative estimate of drug-likeness (QED) is 0.641. The third-order valence-corrected chi connectivity index (χ3v) is 3.47. The van der Waals surface area contributed by atoms with Gasteiger partial charge < -0.3 is 10.4 Å². The first-order chi connectivity index (χ1) is 8.54. The number of thioether (sulfide) groups is 1. The van der Waals surface area contributed by atoms with Gasteiger partial charge in [0.25, 0.3) is 0 Å². The Kier molecular flexibility index (Phi) is 5.75. The molecular weight excluding hydrogens is 318 g/mol. The summed E-state index contributed by atoms with van der Waals surface area (Å²) < 4.78 is 0.763. The summed E-state index contributed by atoms with van der Waals surface area (Å²) in [7, 11) is 0. The maximum atomic E-state index is 11.4. The number of carbonyl (C=O) groups is 2. The highest BCUT2D eigenvalue weighted by Crippen LogP contribution is 2.26. The monoisotopic (exact) mass is 327 g/mol. The van der Waals surface area contributed by atoms with Crippen molar-refractivity contribution in [2.75, 3.05) is 12.3 Å². The van der Waals surface area contributed by atoms with E-state index in [9.17, 15) is 9.59 Å². The van der Waals surface area contributed by atoms with E-state index < -0.39 is 5.97 Å². The van der Waals surface area contributed by atoms with E-state index >= 15 is 0 Å². The van der Waals surface area contributed by atoms with Gasteiger partial charge in [-0.15, -0.1) is 18.2 Å². The second-order valence-electron chi connectivity index (χ2n) is 3.22. The fourth-order valence-corrected chi connectivity index (χ4v) is 2.56. The molecule has 0 aliphatic carbocycles. The van der Waals surface area contributed by atoms with Crippen LogP contribution >= 0.6 is 27.7 Å². The van der Waals surface area contributed by atoms with Crippen LogP contribution in [0.4, 0.5) is 0 Å². The SMILES string of the molecule is C#CCNC(=O)CSc1cc(Br)ccc1C(=O)O. The summed E-state index contributed by atoms with van der Waals surface area (Å²) in [6.07, 6.45) is 5.01. The van der Waals surface area contributed by atoms with Crippen LogP contribution in [0.25, 0.3) is 0 Å². The van der Waals surface area contributed by atoms with Gasteiger partial charge >= 0.3 is 5.97 Å². The Morgan fingerprint density at radius 3 is 2.83 bits per heavy atom. The molecule has 18 heavy (non-hydrogen) atoms. The van der Waals surface area contributed by atoms with Crippen LogP contribution in [0.1, 0.15) is 10.4 Å². The number of halogens is 1. The van der Waals surface area contributed by atoms with Crippen LogP contribution in [0.15, 0.2) is 27.6 Å². The Balaban J connectivity index is 2.72. The van der Waals surface area contributed by atoms with Gasteiger partial charge in [0, 0.05) is 9.37 Å². The molecule has 0 saturated heterocycles. The number of rotatable bonds is 5. The lowest BCUT2D eigenvalue weighted by molar-refractivity contribution is -0.118. The summed E-state index contributed by atoms with van der Waals surface area (Å²) in [5.41, 5.74) is 0.174. The lowest BCUT2D eigenvalue weighted by atomic mass is 10.2. The van der Waals surface area contributed by atoms with E-state index in [1.165, 1.54) is 6.07 Å². The molecule has 0 aliphatic heterocycles. The number of aromatic carboxylic acids is 1. The molecule has 1 amide bonds. The Morgan fingerprint density at radius 2 is 2.22 bits per heavy atom. The van der Waals surface area contributed by atoms with E-state index in [4.69, 9.17) is 11.5 Å². The fraction of sp³-hybridized carbons (Fsp3) is 0.167. The smallest absolute Gasteiger partial charge is 0.336 e. The summed E-state index contributed by atoms with van der Waals surface area (Å²) in [5.74, 6) is 1.17. The second kappa shape index (κ2) is 7.09. The van der Waals surface area contributed by atoms with Crippen molar-refractivity contribution in [3.05, 3.63) is 28.2 Å². The number of carboxylic acids is 1. The molecule has 0 aromatic heterocycles. The molecule has 2 N–H and O–H groups in total. The topological polar surface area (TPSA) is 66.4 Å². The lowest BCUT2D eigenvalue weighted by Gasteiger charge is -2.06. The average Bonchev–Trinajstić information content (AvgIpc) is 2.33. The predicted molar refractivity (Wildman–Crippen MR) is 73.7 cm³/mol. The van der Waals surface area contributed by atoms with Crippen molar-refractivity contribution in [3.8, 4) is 12.3 Å². The van der Waals surface area contributed by atoms with Crippen molar-refractivity contribution in [2.45, 2.75) is 4.90 Å². The molecule has 1 aromatic rings. The molecule has 1 aromatic carbocycles. The van der Waals surface area contributed by atoms with E-state index in [0.29, 0.717) is 4.90 Å². The molecule has 1 rings (SSSR count). The largest absolute Gasteiger partial charge is 0.478 e. The van der Waals surface area contributed by atoms with E-state index in [2.05, 4.69) is 27.2 Å². The van der Waals surface area contributed by atoms with Gasteiger partial charge in [-0.3, -0.25) is 4.79 Å². The minimum atomic E-state index is -1.02. The van der Waals surface area contributed by atoms with Crippen molar-refractivity contribution in [1.29, 1.82) is 0 Å². The van der Waals surface area contributed by atoms with Gasteiger partial charge in [-0.25, -0.2) is 4.79 Å². The minimum Gasteiger partial charge on any atom is -0.478 e. The highest BCUT2D eigenvalue weighted by atomic mass is 79.9. The summed E-state index contributed by atoms with van der Waals surface area (Å²) in [6.45, 7) is 0.170. The molecule has 0 spiro atoms. The Labute approximate surface area is 117 Å². The van der Waals surface area contributed by atoms with Crippen LogP contribution in [0, 0.1) is 12.3 Å². The number of hydrogen-bond acceptors (Lipinski definition) is 3. The fourth-order valence-electron chi connectivity index (χ4n) is 1.14. The van der Waals surface area contributed by atoms with Crippen LogP contribution in [-0.2, 0) is 4.79 Å². The van der Waals surface area contributed by atoms with Crippen LogP contribution in [0.2, 0.25) is 0 Å². The molecule has 6 heteroatoms. The predicted octanol–water partition coefficient (Wildman–Crippen LogP) is 1.99. The number of hydrogen-bond donors (Lipinski definition) is 2. The molecule has 0 atom stereocenters. The van der Waals surface area contributed by atoms with E-state index in [1.807, 2.05) is 0 Å². The number of terminal acetylenes is 1. The third-order valence-electron chi connectivity index (χ3n) is 1.92. The minimum absolute atomic E-state index is 0.123. The van der Waals surface area contributed by atoms with E-state index in [1.54, 1.807) is 12.1 Å². The second-order valence-corrected chi connectivity index (χ2v) is 5.15. The van der Waals surface area contributed by atoms with E-state index in [0.717, 1.165) is 16.2 Å². The number of carbonyl (C=O) groups excluding carboxylic acids is 1. The number of benzene rings is 1. The zero-order chi connectivity index (χ0) is 13.5. The molecule has 0 aliphatic rings. The van der Waals surface area contributed by atoms with Crippen LogP contribution in [-0.4, -0.2) is 29.3 Å². The number of nitrogens with one attached hydrogen (secondary N) is 1. The first kappa shape index (κ1) is 14.6. The Hall–Kier alpha value is -1.45. The first-order valence-electron chi connectivity index (χ1n) is 4.90. The van der Waals surface area contributed by atoms with Crippen molar-refractivity contribution in [2.24, 2.45) is 0 Å². The maximum absolute atomic E-state index is 11.4. The molecule has 94 valence electrons. The Morgan fingerprint density at radius 1 is 1.50 bits per heavy atom. The summed E-state index contributed by atoms with van der Waals surface area (Å²) >= 11 is 4.42. The van der Waals surface area contributed by atoms with Gasteiger partial charge in [-0.2, -0.15) is 0 Å². The zero-order valence-electron chi connectivity index (χ0n) is 9.27. The number of amides is 1. The standard InChI is InChI=1S/C12H10BrNO3S/c1-2-5-14-11(15)7-18-10-6-8(13)3-4-9(10)12(16)17/h1,3-4,6H,5,7H2,(H,14,15)(H,16,17). The van der Waals surface area contributed by atoms with Gasteiger partial charge in [0.2, 0.25) is 5.91 Å². The third kappa shape index (κ3) is 4.43. The van der Waals surface area contributed by atoms with Crippen LogP contribution in [0.3, 0.4) is 0 Å². The van der Waals surface area contributed by atoms with Gasteiger partial charge in [0.1, 0.15) is 0 Å². The molecule has 0 heterocycles. The van der Waals surface area contributed by atoms with Gasteiger partial charge in [0.05, 0.1) is 17.9 Å². The summed E-state index contributed by atoms with van der Waals surface area (Å²) in [5, 5.41) is 11.5. The lowest BCUT2D eigenvalue weighted by Crippen LogP contribution is -2.25. The van der Waals surface area contributed by atoms with Crippen molar-refractivity contribution in [3.63, 3.8) is 0 Å². The number of carboxylic acid groups (broad SMARTS) is 1. The van der Waals surface area contributed by atoms with Crippen LogP contribution in [0.5, 0.6) is 0 Å². The summed E-state index contributed by atoms with van der Waals surface area (Å²) in [4.78, 5) is 22.9. The highest BCUT2D eigenvalue weighted by Gasteiger charge is 2.12. The van der Waals surface area contributed by atoms with Gasteiger partial charge in [-0.05, 0) is 18.2 Å². The normalized spacial score (nSPS) is 9.56. The zero-order valence-corrected chi connectivity index (χ0v) is 11.7. The molecule has 0 unspecified atom stereocenters. The molecule has 0 saturated carbocycles. The van der Waals surface area contributed by atoms with Crippen molar-refractivity contribution < 1.29 is 14.7 Å². The van der Waals surface area contributed by atoms with E-state index in [-0.39, 0.29) is 23.8 Å². The molecule has 4 nitrogen and oxygen atoms in total. The van der Waals surface area contributed by atoms with Crippen LogP contribution < -0.4 is 5.32 Å². The molecule has 0 radical (unpaired) electrons. The van der Waals surface area contributed by atoms with Gasteiger partial charge in [0.15, 0.2) is 0 Å². The molecular formula is C12H10BrNO3S. The molecule has 0 bridgehead atoms. The summed E-state index contributed by atoms with van der Waals surface area (Å²) in [6, 6.07) is 4.81.